The van der Waals surface area contributed by atoms with E-state index in [1.807, 2.05) is 0 Å². The first-order valence-corrected chi connectivity index (χ1v) is 7.59. The number of anilines is 1. The Kier molecular flexibility index (Phi) is 4.75. The maximum atomic E-state index is 5.84. The van der Waals surface area contributed by atoms with Crippen LogP contribution in [0.15, 0.2) is 6.07 Å². The largest absolute Gasteiger partial charge is 0.389 e. The molecule has 1 heterocycles. The van der Waals surface area contributed by atoms with Gasteiger partial charge in [0.2, 0.25) is 0 Å². The van der Waals surface area contributed by atoms with E-state index >= 15 is 0 Å². The van der Waals surface area contributed by atoms with Crippen LogP contribution < -0.4 is 11.1 Å². The van der Waals surface area contributed by atoms with Crippen LogP contribution in [-0.4, -0.2) is 16.5 Å². The van der Waals surface area contributed by atoms with E-state index in [2.05, 4.69) is 25.2 Å². The average molecular weight is 277 g/mol. The minimum Gasteiger partial charge on any atom is -0.389 e. The van der Waals surface area contributed by atoms with E-state index in [0.29, 0.717) is 10.9 Å². The van der Waals surface area contributed by atoms with Gasteiger partial charge in [0.1, 0.15) is 10.8 Å². The first-order chi connectivity index (χ1) is 9.11. The van der Waals surface area contributed by atoms with Crippen LogP contribution in [0, 0.1) is 5.92 Å². The van der Waals surface area contributed by atoms with Gasteiger partial charge in [0.25, 0.3) is 0 Å². The molecule has 19 heavy (non-hydrogen) atoms. The summed E-state index contributed by atoms with van der Waals surface area (Å²) in [6.45, 7) is 5.34. The SMILES string of the molecule is CCC(C)CNc1nc2c(cc1C(N)=S)CCCC2. The number of hydrogen-bond acceptors (Lipinski definition) is 3. The first kappa shape index (κ1) is 14.3. The van der Waals surface area contributed by atoms with Crippen molar-refractivity contribution in [1.82, 2.24) is 4.98 Å². The van der Waals surface area contributed by atoms with E-state index in [1.54, 1.807) is 0 Å². The van der Waals surface area contributed by atoms with Crippen LogP contribution in [-0.2, 0) is 12.8 Å². The molecule has 3 N–H and O–H groups in total. The van der Waals surface area contributed by atoms with Gasteiger partial charge in [-0.05, 0) is 43.2 Å². The first-order valence-electron chi connectivity index (χ1n) is 7.18. The van der Waals surface area contributed by atoms with Gasteiger partial charge in [-0.25, -0.2) is 4.98 Å². The molecule has 0 radical (unpaired) electrons. The number of aryl methyl sites for hydroxylation is 2. The molecule has 2 rings (SSSR count). The fraction of sp³-hybridized carbons (Fsp3) is 0.600. The highest BCUT2D eigenvalue weighted by atomic mass is 32.1. The Morgan fingerprint density at radius 2 is 2.21 bits per heavy atom. The Hall–Kier alpha value is -1.16. The monoisotopic (exact) mass is 277 g/mol. The fourth-order valence-electron chi connectivity index (χ4n) is 2.37. The van der Waals surface area contributed by atoms with Crippen LogP contribution >= 0.6 is 12.2 Å². The quantitative estimate of drug-likeness (QED) is 0.812. The molecule has 0 aliphatic heterocycles. The van der Waals surface area contributed by atoms with Gasteiger partial charge in [0.05, 0.1) is 5.56 Å². The minimum atomic E-state index is 0.438. The third kappa shape index (κ3) is 3.44. The number of nitrogens with one attached hydrogen (secondary N) is 1. The van der Waals surface area contributed by atoms with Gasteiger partial charge in [-0.3, -0.25) is 0 Å². The molecule has 1 atom stereocenters. The van der Waals surface area contributed by atoms with Gasteiger partial charge in [-0.2, -0.15) is 0 Å². The second-order valence-corrected chi connectivity index (χ2v) is 5.90. The summed E-state index contributed by atoms with van der Waals surface area (Å²) in [5.74, 6) is 1.49. The van der Waals surface area contributed by atoms with Crippen molar-refractivity contribution in [3.05, 3.63) is 22.9 Å². The molecule has 0 amide bonds. The van der Waals surface area contributed by atoms with E-state index in [1.165, 1.54) is 24.1 Å². The summed E-state index contributed by atoms with van der Waals surface area (Å²) in [6, 6.07) is 2.14. The summed E-state index contributed by atoms with van der Waals surface area (Å²) in [7, 11) is 0. The number of fused-ring (bicyclic) bond motifs is 1. The van der Waals surface area contributed by atoms with E-state index in [4.69, 9.17) is 22.9 Å². The van der Waals surface area contributed by atoms with Crippen molar-refractivity contribution in [2.45, 2.75) is 46.0 Å². The van der Waals surface area contributed by atoms with E-state index in [-0.39, 0.29) is 0 Å². The fourth-order valence-corrected chi connectivity index (χ4v) is 2.53. The van der Waals surface area contributed by atoms with Gasteiger partial charge < -0.3 is 11.1 Å². The molecular weight excluding hydrogens is 254 g/mol. The lowest BCUT2D eigenvalue weighted by Gasteiger charge is -2.20. The molecule has 0 aromatic carbocycles. The van der Waals surface area contributed by atoms with Crippen LogP contribution in [0.25, 0.3) is 0 Å². The summed E-state index contributed by atoms with van der Waals surface area (Å²) >= 11 is 5.16. The zero-order valence-corrected chi connectivity index (χ0v) is 12.6. The van der Waals surface area contributed by atoms with Gasteiger partial charge in [0.15, 0.2) is 0 Å². The summed E-state index contributed by atoms with van der Waals surface area (Å²) in [5, 5.41) is 3.42. The normalized spacial score (nSPS) is 15.7. The zero-order chi connectivity index (χ0) is 13.8. The standard InChI is InChI=1S/C15H23N3S/c1-3-10(2)9-17-15-12(14(16)19)8-11-6-4-5-7-13(11)18-15/h8,10H,3-7,9H2,1-2H3,(H2,16,19)(H,17,18). The molecule has 104 valence electrons. The molecule has 0 saturated heterocycles. The van der Waals surface area contributed by atoms with Crippen LogP contribution in [0.2, 0.25) is 0 Å². The molecule has 0 spiro atoms. The Labute approximate surface area is 121 Å². The van der Waals surface area contributed by atoms with Crippen LogP contribution in [0.3, 0.4) is 0 Å². The number of aromatic nitrogens is 1. The Bertz CT molecular complexity index is 471. The number of thiocarbonyl (C=S) groups is 1. The van der Waals surface area contributed by atoms with Crippen LogP contribution in [0.4, 0.5) is 5.82 Å². The van der Waals surface area contributed by atoms with E-state index < -0.39 is 0 Å². The molecule has 1 aliphatic carbocycles. The van der Waals surface area contributed by atoms with Gasteiger partial charge in [-0.15, -0.1) is 0 Å². The van der Waals surface area contributed by atoms with Crippen LogP contribution in [0.1, 0.15) is 49.9 Å². The molecule has 1 unspecified atom stereocenters. The summed E-state index contributed by atoms with van der Waals surface area (Å²) in [6.07, 6.45) is 5.80. The Morgan fingerprint density at radius 3 is 2.89 bits per heavy atom. The number of rotatable bonds is 5. The molecule has 1 aromatic rings. The average Bonchev–Trinajstić information content (AvgIpc) is 2.43. The molecule has 4 heteroatoms. The number of nitrogens with two attached hydrogens (primary N) is 1. The molecule has 1 aliphatic rings. The maximum absolute atomic E-state index is 5.84. The Balaban J connectivity index is 2.26. The van der Waals surface area contributed by atoms with Crippen molar-refractivity contribution in [2.24, 2.45) is 11.7 Å². The summed E-state index contributed by atoms with van der Waals surface area (Å²) < 4.78 is 0. The van der Waals surface area contributed by atoms with Crippen LogP contribution in [0.5, 0.6) is 0 Å². The van der Waals surface area contributed by atoms with Crippen molar-refractivity contribution >= 4 is 23.0 Å². The lowest BCUT2D eigenvalue weighted by Crippen LogP contribution is -2.20. The highest BCUT2D eigenvalue weighted by Gasteiger charge is 2.16. The lowest BCUT2D eigenvalue weighted by molar-refractivity contribution is 0.591. The molecule has 0 bridgehead atoms. The minimum absolute atomic E-state index is 0.438. The molecular formula is C15H23N3S. The predicted octanol–water partition coefficient (Wildman–Crippen LogP) is 3.05. The molecule has 1 aromatic heterocycles. The van der Waals surface area contributed by atoms with E-state index in [9.17, 15) is 0 Å². The molecule has 0 saturated carbocycles. The second-order valence-electron chi connectivity index (χ2n) is 5.46. The third-order valence-electron chi connectivity index (χ3n) is 3.88. The van der Waals surface area contributed by atoms with Gasteiger partial charge >= 0.3 is 0 Å². The number of nitrogens with zero attached hydrogens (tertiary/aromatic N) is 1. The smallest absolute Gasteiger partial charge is 0.136 e. The van der Waals surface area contributed by atoms with Crippen molar-refractivity contribution in [3.8, 4) is 0 Å². The topological polar surface area (TPSA) is 50.9 Å². The summed E-state index contributed by atoms with van der Waals surface area (Å²) in [5.41, 5.74) is 9.28. The van der Waals surface area contributed by atoms with Crippen molar-refractivity contribution in [1.29, 1.82) is 0 Å². The molecule has 0 fully saturated rings. The zero-order valence-electron chi connectivity index (χ0n) is 11.8. The van der Waals surface area contributed by atoms with Gasteiger partial charge in [-0.1, -0.05) is 32.5 Å². The molecule has 3 nitrogen and oxygen atoms in total. The number of pyridine rings is 1. The van der Waals surface area contributed by atoms with Crippen molar-refractivity contribution in [2.75, 3.05) is 11.9 Å². The van der Waals surface area contributed by atoms with Gasteiger partial charge in [0, 0.05) is 12.2 Å². The highest BCUT2D eigenvalue weighted by Crippen LogP contribution is 2.25. The third-order valence-corrected chi connectivity index (χ3v) is 4.10. The number of hydrogen-bond donors (Lipinski definition) is 2. The Morgan fingerprint density at radius 1 is 1.47 bits per heavy atom. The predicted molar refractivity (Wildman–Crippen MR) is 84.7 cm³/mol. The van der Waals surface area contributed by atoms with Crippen molar-refractivity contribution < 1.29 is 0 Å². The second kappa shape index (κ2) is 6.33. The highest BCUT2D eigenvalue weighted by molar-refractivity contribution is 7.80. The summed E-state index contributed by atoms with van der Waals surface area (Å²) in [4.78, 5) is 5.20. The lowest BCUT2D eigenvalue weighted by atomic mass is 9.94. The van der Waals surface area contributed by atoms with E-state index in [0.717, 1.165) is 37.2 Å². The maximum Gasteiger partial charge on any atom is 0.136 e. The van der Waals surface area contributed by atoms with Crippen molar-refractivity contribution in [3.63, 3.8) is 0 Å².